The maximum Gasteiger partial charge on any atom is 0.306 e. The number of pyridine rings is 1. The number of aromatic nitrogens is 1. The van der Waals surface area contributed by atoms with E-state index in [1.165, 1.54) is 6.08 Å². The molecule has 2 aromatic carbocycles. The summed E-state index contributed by atoms with van der Waals surface area (Å²) in [5, 5.41) is 4.02. The number of aryl methyl sites for hydroxylation is 1. The SMILES string of the molecule is C=C[C@@H]1C[C@]1(NC(=O)[C@@H]1C[C@@H]2CC1C(=O)[C@H](c1ccccc1)CC(=O)OCCCCCc1ccc3ccnc(c3c1)O2)C(=O)NS(=O)(=O)C1CC1. The smallest absolute Gasteiger partial charge is 0.306 e. The summed E-state index contributed by atoms with van der Waals surface area (Å²) < 4.78 is 39.7. The Balaban J connectivity index is 1.22. The first-order valence-electron chi connectivity index (χ1n) is 17.9. The summed E-state index contributed by atoms with van der Waals surface area (Å²) in [5.74, 6) is -4.93. The maximum atomic E-state index is 14.7. The molecule has 0 saturated heterocycles. The highest BCUT2D eigenvalue weighted by Crippen LogP contribution is 2.47. The lowest BCUT2D eigenvalue weighted by atomic mass is 9.80. The number of carbonyl (C=O) groups is 4. The summed E-state index contributed by atoms with van der Waals surface area (Å²) in [4.78, 5) is 60.2. The number of esters is 1. The van der Waals surface area contributed by atoms with Gasteiger partial charge in [0.1, 0.15) is 17.4 Å². The lowest BCUT2D eigenvalue weighted by Gasteiger charge is -2.26. The molecule has 268 valence electrons. The van der Waals surface area contributed by atoms with Crippen LogP contribution in [0, 0.1) is 17.8 Å². The molecule has 3 aromatic rings. The lowest BCUT2D eigenvalue weighted by Crippen LogP contribution is -2.54. The second kappa shape index (κ2) is 14.2. The van der Waals surface area contributed by atoms with Crippen molar-refractivity contribution < 1.29 is 37.1 Å². The van der Waals surface area contributed by atoms with E-state index in [0.29, 0.717) is 30.7 Å². The highest BCUT2D eigenvalue weighted by atomic mass is 32.2. The molecule has 0 radical (unpaired) electrons. The van der Waals surface area contributed by atoms with Crippen LogP contribution in [0.15, 0.2) is 73.4 Å². The number of benzene rings is 2. The van der Waals surface area contributed by atoms with Crippen LogP contribution < -0.4 is 14.8 Å². The van der Waals surface area contributed by atoms with Crippen molar-refractivity contribution >= 4 is 44.4 Å². The van der Waals surface area contributed by atoms with E-state index in [2.05, 4.69) is 33.7 Å². The molecule has 4 bridgehead atoms. The third-order valence-corrected chi connectivity index (χ3v) is 12.7. The Labute approximate surface area is 297 Å². The Bertz CT molecular complexity index is 1960. The van der Waals surface area contributed by atoms with E-state index in [4.69, 9.17) is 9.47 Å². The number of hydrogen-bond donors (Lipinski definition) is 2. The number of ketones is 1. The standard InChI is InChI=1S/C39H43N3O8S/c1-2-27-23-39(27,38(46)42-51(47,48)29-14-15-29)41-36(45)33-21-28-20-32(33)35(44)30(25-10-6-3-7-11-25)22-34(43)49-18-8-4-5-9-24-12-13-26-16-17-40-37(50-28)31(26)19-24/h2-3,6-7,10-13,16-17,19,27-30,32-33H,1,4-5,8-9,14-15,18,20-23H2,(H,41,45)(H,42,46)/t27-,28+,30+,32?,33-,39-/m1/s1. The van der Waals surface area contributed by atoms with E-state index in [9.17, 15) is 27.6 Å². The summed E-state index contributed by atoms with van der Waals surface area (Å²) >= 11 is 0. The van der Waals surface area contributed by atoms with Gasteiger partial charge in [-0.15, -0.1) is 6.58 Å². The Kier molecular flexibility index (Phi) is 9.71. The van der Waals surface area contributed by atoms with E-state index in [-0.39, 0.29) is 38.1 Å². The molecule has 11 nitrogen and oxygen atoms in total. The first kappa shape index (κ1) is 34.9. The molecule has 3 fully saturated rings. The van der Waals surface area contributed by atoms with Crippen LogP contribution in [0.5, 0.6) is 5.88 Å². The van der Waals surface area contributed by atoms with Crippen LogP contribution in [0.1, 0.15) is 74.8 Å². The quantitative estimate of drug-likeness (QED) is 0.262. The minimum absolute atomic E-state index is 0.142. The van der Waals surface area contributed by atoms with Gasteiger partial charge in [-0.05, 0) is 86.4 Å². The average molecular weight is 714 g/mol. The van der Waals surface area contributed by atoms with Crippen molar-refractivity contribution in [1.82, 2.24) is 15.0 Å². The van der Waals surface area contributed by atoms with Crippen molar-refractivity contribution in [1.29, 1.82) is 0 Å². The number of nitrogens with zero attached hydrogens (tertiary/aromatic N) is 1. The summed E-state index contributed by atoms with van der Waals surface area (Å²) in [6.07, 6.45) is 7.16. The molecular weight excluding hydrogens is 671 g/mol. The van der Waals surface area contributed by atoms with E-state index >= 15 is 0 Å². The summed E-state index contributed by atoms with van der Waals surface area (Å²) in [6, 6.07) is 17.1. The first-order valence-corrected chi connectivity index (χ1v) is 19.4. The van der Waals surface area contributed by atoms with E-state index < -0.39 is 68.4 Å². The van der Waals surface area contributed by atoms with Crippen molar-refractivity contribution in [2.24, 2.45) is 17.8 Å². The Morgan fingerprint density at radius 3 is 2.55 bits per heavy atom. The zero-order valence-electron chi connectivity index (χ0n) is 28.4. The van der Waals surface area contributed by atoms with E-state index in [1.54, 1.807) is 30.5 Å². The van der Waals surface area contributed by atoms with E-state index in [1.807, 2.05) is 18.2 Å². The Morgan fingerprint density at radius 2 is 1.80 bits per heavy atom. The van der Waals surface area contributed by atoms with Crippen molar-refractivity contribution in [2.75, 3.05) is 6.61 Å². The molecule has 12 heteroatoms. The third kappa shape index (κ3) is 7.42. The fraction of sp³-hybridized carbons (Fsp3) is 0.462. The number of rotatable bonds is 7. The minimum Gasteiger partial charge on any atom is -0.474 e. The molecule has 1 aliphatic heterocycles. The number of cyclic esters (lactones) is 1. The molecule has 0 spiro atoms. The van der Waals surface area contributed by atoms with Crippen LogP contribution in [0.2, 0.25) is 0 Å². The van der Waals surface area contributed by atoms with Gasteiger partial charge in [0.2, 0.25) is 21.8 Å². The Morgan fingerprint density at radius 1 is 1.00 bits per heavy atom. The fourth-order valence-corrected chi connectivity index (χ4v) is 9.03. The number of carbonyl (C=O) groups excluding carboxylic acids is 4. The number of amides is 2. The van der Waals surface area contributed by atoms with Gasteiger partial charge in [-0.1, -0.05) is 48.5 Å². The first-order chi connectivity index (χ1) is 24.6. The molecule has 7 rings (SSSR count). The van der Waals surface area contributed by atoms with Gasteiger partial charge < -0.3 is 14.8 Å². The van der Waals surface area contributed by atoms with Crippen LogP contribution >= 0.6 is 0 Å². The number of nitrogens with one attached hydrogen (secondary N) is 2. The monoisotopic (exact) mass is 713 g/mol. The van der Waals surface area contributed by atoms with Crippen molar-refractivity contribution in [3.63, 3.8) is 0 Å². The molecule has 1 aromatic heterocycles. The van der Waals surface area contributed by atoms with Crippen molar-refractivity contribution in [2.45, 2.75) is 87.0 Å². The van der Waals surface area contributed by atoms with Gasteiger partial charge in [-0.25, -0.2) is 13.4 Å². The van der Waals surface area contributed by atoms with Gasteiger partial charge in [0, 0.05) is 23.4 Å². The van der Waals surface area contributed by atoms with Gasteiger partial charge >= 0.3 is 5.97 Å². The zero-order valence-corrected chi connectivity index (χ0v) is 29.2. The summed E-state index contributed by atoms with van der Waals surface area (Å²) in [6.45, 7) is 4.04. The van der Waals surface area contributed by atoms with Crippen LogP contribution in [0.25, 0.3) is 10.8 Å². The zero-order chi connectivity index (χ0) is 35.8. The van der Waals surface area contributed by atoms with Crippen LogP contribution in [0.3, 0.4) is 0 Å². The highest BCUT2D eigenvalue weighted by Gasteiger charge is 2.62. The van der Waals surface area contributed by atoms with Crippen LogP contribution in [-0.4, -0.2) is 60.5 Å². The molecule has 4 aliphatic rings. The number of Topliss-reactive ketones (excluding diaryl/α,β-unsaturated/α-hetero) is 1. The van der Waals surface area contributed by atoms with Gasteiger partial charge in [0.15, 0.2) is 0 Å². The van der Waals surface area contributed by atoms with Crippen molar-refractivity contribution in [3.8, 4) is 5.88 Å². The molecule has 6 atom stereocenters. The normalized spacial score (nSPS) is 28.5. The molecule has 3 aliphatic carbocycles. The Hall–Kier alpha value is -4.58. The van der Waals surface area contributed by atoms with E-state index in [0.717, 1.165) is 35.6 Å². The third-order valence-electron chi connectivity index (χ3n) is 10.8. The summed E-state index contributed by atoms with van der Waals surface area (Å²) in [5.41, 5.74) is 0.251. The molecule has 3 saturated carbocycles. The predicted molar refractivity (Wildman–Crippen MR) is 189 cm³/mol. The largest absolute Gasteiger partial charge is 0.474 e. The molecule has 51 heavy (non-hydrogen) atoms. The average Bonchev–Trinajstić information content (AvgIpc) is 4.05. The van der Waals surface area contributed by atoms with Crippen LogP contribution in [0.4, 0.5) is 0 Å². The molecular formula is C39H43N3O8S. The fourth-order valence-electron chi connectivity index (χ4n) is 7.66. The van der Waals surface area contributed by atoms with Gasteiger partial charge in [0.05, 0.1) is 30.1 Å². The molecule has 2 N–H and O–H groups in total. The maximum absolute atomic E-state index is 14.7. The second-order valence-electron chi connectivity index (χ2n) is 14.4. The number of sulfonamides is 1. The molecule has 2 amide bonds. The molecule has 1 unspecified atom stereocenters. The van der Waals surface area contributed by atoms with Gasteiger partial charge in [-0.2, -0.15) is 0 Å². The lowest BCUT2D eigenvalue weighted by molar-refractivity contribution is -0.146. The number of ether oxygens (including phenoxy) is 2. The highest BCUT2D eigenvalue weighted by molar-refractivity contribution is 7.91. The number of fused-ring (bicyclic) bond motifs is 3. The van der Waals surface area contributed by atoms with Gasteiger partial charge in [-0.3, -0.25) is 23.9 Å². The summed E-state index contributed by atoms with van der Waals surface area (Å²) in [7, 11) is -3.87. The second-order valence-corrected chi connectivity index (χ2v) is 16.3. The van der Waals surface area contributed by atoms with Gasteiger partial charge in [0.25, 0.3) is 5.91 Å². The van der Waals surface area contributed by atoms with Crippen LogP contribution in [-0.2, 0) is 40.4 Å². The topological polar surface area (TPSA) is 158 Å². The number of hydrogen-bond acceptors (Lipinski definition) is 9. The predicted octanol–water partition coefficient (Wildman–Crippen LogP) is 4.69. The molecule has 2 heterocycles. The van der Waals surface area contributed by atoms with Crippen molar-refractivity contribution in [3.05, 3.63) is 84.6 Å². The minimum atomic E-state index is -3.87.